The molecule has 0 atom stereocenters. The number of halogens is 1. The smallest absolute Gasteiger partial charge is 0.306 e. The standard InChI is InChI=1S/C12H12ClN5O/c1-7-8(2)17-18-11(14-7)16-12(19)15-10-6-4-3-5-9(10)13/h3-6H,1-2H3,(H2,14,15,16,18,19). The van der Waals surface area contributed by atoms with E-state index in [-0.39, 0.29) is 5.95 Å². The van der Waals surface area contributed by atoms with E-state index in [1.54, 1.807) is 38.1 Å². The molecule has 19 heavy (non-hydrogen) atoms. The number of aryl methyl sites for hydroxylation is 2. The number of hydrogen-bond donors (Lipinski definition) is 2. The molecule has 0 aliphatic rings. The molecule has 6 nitrogen and oxygen atoms in total. The van der Waals surface area contributed by atoms with Gasteiger partial charge in [0.15, 0.2) is 0 Å². The van der Waals surface area contributed by atoms with Crippen LogP contribution in [0.3, 0.4) is 0 Å². The van der Waals surface area contributed by atoms with Gasteiger partial charge in [0.1, 0.15) is 0 Å². The number of urea groups is 1. The number of aromatic nitrogens is 3. The van der Waals surface area contributed by atoms with Gasteiger partial charge >= 0.3 is 6.03 Å². The predicted octanol–water partition coefficient (Wildman–Crippen LogP) is 2.79. The molecule has 0 aliphatic heterocycles. The van der Waals surface area contributed by atoms with E-state index >= 15 is 0 Å². The van der Waals surface area contributed by atoms with Gasteiger partial charge in [0, 0.05) is 0 Å². The molecule has 0 fully saturated rings. The summed E-state index contributed by atoms with van der Waals surface area (Å²) in [6.07, 6.45) is 0. The molecule has 2 N–H and O–H groups in total. The Labute approximate surface area is 115 Å². The van der Waals surface area contributed by atoms with Crippen molar-refractivity contribution in [1.29, 1.82) is 0 Å². The lowest BCUT2D eigenvalue weighted by Gasteiger charge is -2.08. The van der Waals surface area contributed by atoms with Crippen molar-refractivity contribution in [3.63, 3.8) is 0 Å². The van der Waals surface area contributed by atoms with Crippen LogP contribution in [0.25, 0.3) is 0 Å². The van der Waals surface area contributed by atoms with Gasteiger partial charge in [0.05, 0.1) is 22.1 Å². The maximum Gasteiger partial charge on any atom is 0.326 e. The first-order valence-electron chi connectivity index (χ1n) is 5.56. The van der Waals surface area contributed by atoms with Crippen LogP contribution in [0.4, 0.5) is 16.4 Å². The van der Waals surface area contributed by atoms with Crippen LogP contribution in [0.15, 0.2) is 24.3 Å². The summed E-state index contributed by atoms with van der Waals surface area (Å²) >= 11 is 5.93. The van der Waals surface area contributed by atoms with Gasteiger partial charge in [-0.3, -0.25) is 5.32 Å². The molecule has 0 saturated heterocycles. The number of anilines is 2. The Balaban J connectivity index is 2.05. The summed E-state index contributed by atoms with van der Waals surface area (Å²) in [6.45, 7) is 3.59. The Morgan fingerprint density at radius 2 is 1.84 bits per heavy atom. The van der Waals surface area contributed by atoms with Crippen molar-refractivity contribution in [2.45, 2.75) is 13.8 Å². The van der Waals surface area contributed by atoms with E-state index in [0.29, 0.717) is 16.4 Å². The normalized spacial score (nSPS) is 10.1. The maximum absolute atomic E-state index is 11.7. The summed E-state index contributed by atoms with van der Waals surface area (Å²) in [5, 5.41) is 13.2. The maximum atomic E-state index is 11.7. The number of para-hydroxylation sites is 1. The van der Waals surface area contributed by atoms with Gasteiger partial charge in [0.2, 0.25) is 0 Å². The molecule has 2 aromatic rings. The van der Waals surface area contributed by atoms with E-state index in [0.717, 1.165) is 5.69 Å². The highest BCUT2D eigenvalue weighted by molar-refractivity contribution is 6.33. The second-order valence-corrected chi connectivity index (χ2v) is 4.27. The van der Waals surface area contributed by atoms with Crippen LogP contribution in [0, 0.1) is 13.8 Å². The fourth-order valence-electron chi connectivity index (χ4n) is 1.33. The second-order valence-electron chi connectivity index (χ2n) is 3.87. The third-order valence-electron chi connectivity index (χ3n) is 2.44. The molecule has 1 aromatic carbocycles. The minimum atomic E-state index is -0.474. The Morgan fingerprint density at radius 1 is 1.11 bits per heavy atom. The Bertz CT molecular complexity index is 617. The van der Waals surface area contributed by atoms with Crippen LogP contribution < -0.4 is 10.6 Å². The zero-order valence-corrected chi connectivity index (χ0v) is 11.2. The van der Waals surface area contributed by atoms with E-state index in [9.17, 15) is 4.79 Å². The highest BCUT2D eigenvalue weighted by Crippen LogP contribution is 2.20. The number of carbonyl (C=O) groups is 1. The summed E-state index contributed by atoms with van der Waals surface area (Å²) in [5.41, 5.74) is 1.94. The largest absolute Gasteiger partial charge is 0.326 e. The fraction of sp³-hybridized carbons (Fsp3) is 0.167. The first kappa shape index (κ1) is 13.2. The van der Waals surface area contributed by atoms with Gasteiger partial charge in [-0.2, -0.15) is 5.10 Å². The third-order valence-corrected chi connectivity index (χ3v) is 2.77. The quantitative estimate of drug-likeness (QED) is 0.884. The van der Waals surface area contributed by atoms with Crippen LogP contribution in [-0.2, 0) is 0 Å². The monoisotopic (exact) mass is 277 g/mol. The molecule has 2 amide bonds. The first-order chi connectivity index (χ1) is 9.06. The molecule has 1 heterocycles. The van der Waals surface area contributed by atoms with Crippen LogP contribution in [0.5, 0.6) is 0 Å². The number of amides is 2. The lowest BCUT2D eigenvalue weighted by atomic mass is 10.3. The summed E-state index contributed by atoms with van der Waals surface area (Å²) < 4.78 is 0. The fourth-order valence-corrected chi connectivity index (χ4v) is 1.51. The second kappa shape index (κ2) is 5.62. The topological polar surface area (TPSA) is 79.8 Å². The predicted molar refractivity (Wildman–Crippen MR) is 73.4 cm³/mol. The lowest BCUT2D eigenvalue weighted by molar-refractivity contribution is 0.262. The van der Waals surface area contributed by atoms with Gasteiger partial charge in [0.25, 0.3) is 5.95 Å². The van der Waals surface area contributed by atoms with E-state index < -0.39 is 6.03 Å². The van der Waals surface area contributed by atoms with Gasteiger partial charge in [-0.05, 0) is 26.0 Å². The van der Waals surface area contributed by atoms with Crippen molar-refractivity contribution < 1.29 is 4.79 Å². The zero-order chi connectivity index (χ0) is 13.8. The van der Waals surface area contributed by atoms with Crippen molar-refractivity contribution in [1.82, 2.24) is 15.2 Å². The highest BCUT2D eigenvalue weighted by Gasteiger charge is 2.08. The third kappa shape index (κ3) is 3.38. The van der Waals surface area contributed by atoms with Crippen LogP contribution in [0.1, 0.15) is 11.4 Å². The number of rotatable bonds is 2. The number of carbonyl (C=O) groups excluding carboxylic acids is 1. The Morgan fingerprint density at radius 3 is 2.53 bits per heavy atom. The molecule has 1 aromatic heterocycles. The highest BCUT2D eigenvalue weighted by atomic mass is 35.5. The van der Waals surface area contributed by atoms with Gasteiger partial charge in [-0.25, -0.2) is 9.78 Å². The lowest BCUT2D eigenvalue weighted by Crippen LogP contribution is -2.21. The van der Waals surface area contributed by atoms with Crippen molar-refractivity contribution in [2.75, 3.05) is 10.6 Å². The zero-order valence-electron chi connectivity index (χ0n) is 10.4. The van der Waals surface area contributed by atoms with Crippen LogP contribution >= 0.6 is 11.6 Å². The van der Waals surface area contributed by atoms with Crippen molar-refractivity contribution >= 4 is 29.3 Å². The molecule has 0 spiro atoms. The van der Waals surface area contributed by atoms with Gasteiger partial charge < -0.3 is 5.32 Å². The van der Waals surface area contributed by atoms with Crippen molar-refractivity contribution in [2.24, 2.45) is 0 Å². The summed E-state index contributed by atoms with van der Waals surface area (Å²) in [7, 11) is 0. The number of benzene rings is 1. The molecular weight excluding hydrogens is 266 g/mol. The molecule has 0 unspecified atom stereocenters. The van der Waals surface area contributed by atoms with Crippen LogP contribution in [0.2, 0.25) is 5.02 Å². The minimum absolute atomic E-state index is 0.146. The average Bonchev–Trinajstić information content (AvgIpc) is 2.37. The summed E-state index contributed by atoms with van der Waals surface area (Å²) in [4.78, 5) is 15.8. The van der Waals surface area contributed by atoms with Gasteiger partial charge in [-0.1, -0.05) is 23.7 Å². The van der Waals surface area contributed by atoms with E-state index in [1.807, 2.05) is 0 Å². The van der Waals surface area contributed by atoms with E-state index in [4.69, 9.17) is 11.6 Å². The summed E-state index contributed by atoms with van der Waals surface area (Å²) in [5.74, 6) is 0.146. The summed E-state index contributed by atoms with van der Waals surface area (Å²) in [6, 6.07) is 6.46. The van der Waals surface area contributed by atoms with E-state index in [2.05, 4.69) is 25.8 Å². The molecule has 7 heteroatoms. The molecule has 98 valence electrons. The van der Waals surface area contributed by atoms with Crippen LogP contribution in [-0.4, -0.2) is 21.2 Å². The number of hydrogen-bond acceptors (Lipinski definition) is 4. The van der Waals surface area contributed by atoms with E-state index in [1.165, 1.54) is 0 Å². The Kier molecular flexibility index (Phi) is 3.91. The van der Waals surface area contributed by atoms with Crippen molar-refractivity contribution in [3.05, 3.63) is 40.7 Å². The number of nitrogens with zero attached hydrogens (tertiary/aromatic N) is 3. The van der Waals surface area contributed by atoms with Gasteiger partial charge in [-0.15, -0.1) is 5.10 Å². The average molecular weight is 278 g/mol. The molecule has 0 radical (unpaired) electrons. The minimum Gasteiger partial charge on any atom is -0.306 e. The molecule has 0 bridgehead atoms. The molecule has 2 rings (SSSR count). The molecule has 0 aliphatic carbocycles. The number of nitrogens with one attached hydrogen (secondary N) is 2. The Hall–Kier alpha value is -2.21. The molecule has 0 saturated carbocycles. The molecular formula is C12H12ClN5O. The van der Waals surface area contributed by atoms with Crippen molar-refractivity contribution in [3.8, 4) is 0 Å². The SMILES string of the molecule is Cc1nnc(NC(=O)Nc2ccccc2Cl)nc1C. The first-order valence-corrected chi connectivity index (χ1v) is 5.94.